The van der Waals surface area contributed by atoms with Gasteiger partial charge < -0.3 is 9.84 Å². The zero-order chi connectivity index (χ0) is 18.6. The van der Waals surface area contributed by atoms with Gasteiger partial charge in [0.05, 0.1) is 17.9 Å². The van der Waals surface area contributed by atoms with E-state index in [2.05, 4.69) is 0 Å². The summed E-state index contributed by atoms with van der Waals surface area (Å²) in [6, 6.07) is 3.28. The molecule has 0 aromatic heterocycles. The van der Waals surface area contributed by atoms with Crippen LogP contribution in [-0.4, -0.2) is 37.8 Å². The van der Waals surface area contributed by atoms with Crippen LogP contribution in [0.2, 0.25) is 0 Å². The van der Waals surface area contributed by atoms with Crippen LogP contribution < -0.4 is 4.74 Å². The first-order valence-electron chi connectivity index (χ1n) is 8.62. The number of aromatic hydroxyl groups is 1. The molecule has 1 fully saturated rings. The first kappa shape index (κ1) is 19.7. The fraction of sp³-hybridized carbons (Fsp3) is 0.611. The number of ketones is 1. The maximum Gasteiger partial charge on any atom is 0.264 e. The number of benzene rings is 1. The van der Waals surface area contributed by atoms with Gasteiger partial charge in [-0.05, 0) is 44.7 Å². The van der Waals surface area contributed by atoms with Gasteiger partial charge in [-0.2, -0.15) is 8.42 Å². The monoisotopic (exact) mass is 370 g/mol. The third-order valence-corrected chi connectivity index (χ3v) is 4.92. The lowest BCUT2D eigenvalue weighted by Crippen LogP contribution is -2.31. The van der Waals surface area contributed by atoms with Gasteiger partial charge in [-0.15, -0.1) is 0 Å². The number of rotatable bonds is 7. The number of phenols is 1. The zero-order valence-corrected chi connectivity index (χ0v) is 15.8. The van der Waals surface area contributed by atoms with Gasteiger partial charge in [0, 0.05) is 12.0 Å². The Morgan fingerprint density at radius 3 is 2.56 bits per heavy atom. The Kier molecular flexibility index (Phi) is 6.46. The molecule has 0 heterocycles. The molecule has 1 aromatic carbocycles. The van der Waals surface area contributed by atoms with E-state index in [0.29, 0.717) is 30.6 Å². The molecule has 0 saturated heterocycles. The third kappa shape index (κ3) is 5.44. The van der Waals surface area contributed by atoms with Crippen molar-refractivity contribution in [2.45, 2.75) is 64.6 Å². The molecule has 6 nitrogen and oxygen atoms in total. The number of Topliss-reactive ketones (excluding diaryl/α,β-unsaturated/α-hetero) is 1. The second-order valence-electron chi connectivity index (χ2n) is 6.57. The normalized spacial score (nSPS) is 21.1. The van der Waals surface area contributed by atoms with Crippen molar-refractivity contribution < 1.29 is 27.2 Å². The van der Waals surface area contributed by atoms with Gasteiger partial charge in [-0.1, -0.05) is 13.3 Å². The number of carbonyl (C=O) groups excluding carboxylic acids is 1. The molecule has 0 radical (unpaired) electrons. The summed E-state index contributed by atoms with van der Waals surface area (Å²) in [5.74, 6) is 0.335. The number of carbonyl (C=O) groups is 1. The fourth-order valence-corrected chi connectivity index (χ4v) is 3.90. The summed E-state index contributed by atoms with van der Waals surface area (Å²) in [5.41, 5.74) is 0.916. The van der Waals surface area contributed by atoms with Crippen LogP contribution in [0.25, 0.3) is 0 Å². The van der Waals surface area contributed by atoms with Crippen molar-refractivity contribution in [2.24, 2.45) is 0 Å². The number of ether oxygens (including phenoxy) is 1. The molecule has 25 heavy (non-hydrogen) atoms. The highest BCUT2D eigenvalue weighted by atomic mass is 32.2. The molecule has 2 atom stereocenters. The molecule has 1 aliphatic carbocycles. The summed E-state index contributed by atoms with van der Waals surface area (Å²) in [6.07, 6.45) is 4.66. The molecule has 1 aliphatic rings. The third-order valence-electron chi connectivity index (χ3n) is 4.30. The highest BCUT2D eigenvalue weighted by Gasteiger charge is 2.28. The van der Waals surface area contributed by atoms with Gasteiger partial charge in [-0.3, -0.25) is 8.98 Å². The molecule has 0 aliphatic heterocycles. The summed E-state index contributed by atoms with van der Waals surface area (Å²) in [6.45, 7) is 3.40. The summed E-state index contributed by atoms with van der Waals surface area (Å²) in [4.78, 5) is 11.6. The van der Waals surface area contributed by atoms with E-state index in [4.69, 9.17) is 8.92 Å². The molecule has 0 bridgehead atoms. The van der Waals surface area contributed by atoms with Crippen molar-refractivity contribution >= 4 is 15.9 Å². The molecule has 1 N–H and O–H groups in total. The molecule has 0 amide bonds. The first-order chi connectivity index (χ1) is 11.7. The Morgan fingerprint density at radius 2 is 1.96 bits per heavy atom. The van der Waals surface area contributed by atoms with Crippen LogP contribution in [0.5, 0.6) is 11.5 Å². The number of hydrogen-bond acceptors (Lipinski definition) is 6. The second-order valence-corrected chi connectivity index (χ2v) is 8.17. The van der Waals surface area contributed by atoms with Crippen molar-refractivity contribution in [3.05, 3.63) is 23.3 Å². The molecule has 140 valence electrons. The SMILES string of the molecule is CCCc1c(O[C@H]2CCC[C@@H](OS(C)(=O)=O)C2)ccc(C(C)=O)c1O. The van der Waals surface area contributed by atoms with E-state index in [1.54, 1.807) is 12.1 Å². The first-order valence-corrected chi connectivity index (χ1v) is 10.4. The van der Waals surface area contributed by atoms with Gasteiger partial charge >= 0.3 is 0 Å². The Bertz CT molecular complexity index is 725. The molecule has 1 saturated carbocycles. The van der Waals surface area contributed by atoms with Gasteiger partial charge in [0.15, 0.2) is 5.78 Å². The van der Waals surface area contributed by atoms with E-state index in [-0.39, 0.29) is 29.3 Å². The van der Waals surface area contributed by atoms with Crippen LogP contribution in [0.15, 0.2) is 12.1 Å². The lowest BCUT2D eigenvalue weighted by Gasteiger charge is -2.29. The average Bonchev–Trinajstić information content (AvgIpc) is 2.49. The van der Waals surface area contributed by atoms with E-state index in [1.165, 1.54) is 6.92 Å². The predicted octanol–water partition coefficient (Wildman–Crippen LogP) is 3.21. The largest absolute Gasteiger partial charge is 0.507 e. The van der Waals surface area contributed by atoms with Crippen molar-refractivity contribution in [1.29, 1.82) is 0 Å². The minimum atomic E-state index is -3.49. The fourth-order valence-electron chi connectivity index (χ4n) is 3.23. The standard InChI is InChI=1S/C18H26O6S/c1-4-6-16-17(10-9-15(12(2)19)18(16)20)23-13-7-5-8-14(11-13)24-25(3,21)22/h9-10,13-14,20H,4-8,11H2,1-3H3/t13-,14+/m0/s1. The van der Waals surface area contributed by atoms with Gasteiger partial charge in [-0.25, -0.2) is 0 Å². The van der Waals surface area contributed by atoms with E-state index < -0.39 is 10.1 Å². The molecular weight excluding hydrogens is 344 g/mol. The zero-order valence-electron chi connectivity index (χ0n) is 14.9. The van der Waals surface area contributed by atoms with Gasteiger partial charge in [0.2, 0.25) is 0 Å². The summed E-state index contributed by atoms with van der Waals surface area (Å²) < 4.78 is 33.8. The molecule has 1 aromatic rings. The summed E-state index contributed by atoms with van der Waals surface area (Å²) in [5, 5.41) is 10.4. The highest BCUT2D eigenvalue weighted by Crippen LogP contribution is 2.35. The molecule has 2 rings (SSSR count). The smallest absolute Gasteiger partial charge is 0.264 e. The lowest BCUT2D eigenvalue weighted by molar-refractivity contribution is 0.0717. The van der Waals surface area contributed by atoms with Crippen LogP contribution in [0, 0.1) is 0 Å². The highest BCUT2D eigenvalue weighted by molar-refractivity contribution is 7.86. The van der Waals surface area contributed by atoms with Crippen molar-refractivity contribution in [3.8, 4) is 11.5 Å². The second kappa shape index (κ2) is 8.19. The maximum absolute atomic E-state index is 11.6. The quantitative estimate of drug-likeness (QED) is 0.585. The van der Waals surface area contributed by atoms with Crippen LogP contribution in [0.1, 0.15) is 61.9 Å². The molecule has 7 heteroatoms. The lowest BCUT2D eigenvalue weighted by atomic mass is 9.94. The van der Waals surface area contributed by atoms with Gasteiger partial charge in [0.25, 0.3) is 10.1 Å². The summed E-state index contributed by atoms with van der Waals surface area (Å²) >= 11 is 0. The van der Waals surface area contributed by atoms with Crippen LogP contribution >= 0.6 is 0 Å². The Hall–Kier alpha value is -1.60. The predicted molar refractivity (Wildman–Crippen MR) is 94.7 cm³/mol. The van der Waals surface area contributed by atoms with E-state index in [1.807, 2.05) is 6.92 Å². The number of hydrogen-bond donors (Lipinski definition) is 1. The topological polar surface area (TPSA) is 89.9 Å². The minimum Gasteiger partial charge on any atom is -0.507 e. The molecule has 0 spiro atoms. The molecule has 0 unspecified atom stereocenters. The van der Waals surface area contributed by atoms with E-state index in [9.17, 15) is 18.3 Å². The van der Waals surface area contributed by atoms with E-state index in [0.717, 1.165) is 25.5 Å². The van der Waals surface area contributed by atoms with Crippen LogP contribution in [0.3, 0.4) is 0 Å². The molecular formula is C18H26O6S. The van der Waals surface area contributed by atoms with Crippen LogP contribution in [-0.2, 0) is 20.7 Å². The van der Waals surface area contributed by atoms with Crippen molar-refractivity contribution in [3.63, 3.8) is 0 Å². The van der Waals surface area contributed by atoms with Gasteiger partial charge in [0.1, 0.15) is 17.6 Å². The number of phenolic OH excluding ortho intramolecular Hbond substituents is 1. The van der Waals surface area contributed by atoms with Crippen molar-refractivity contribution in [2.75, 3.05) is 6.26 Å². The summed E-state index contributed by atoms with van der Waals surface area (Å²) in [7, 11) is -3.49. The average molecular weight is 370 g/mol. The minimum absolute atomic E-state index is 0.0217. The van der Waals surface area contributed by atoms with Crippen LogP contribution in [0.4, 0.5) is 0 Å². The van der Waals surface area contributed by atoms with Crippen molar-refractivity contribution in [1.82, 2.24) is 0 Å². The Morgan fingerprint density at radius 1 is 1.28 bits per heavy atom. The Labute approximate surface area is 149 Å². The Balaban J connectivity index is 2.18. The van der Waals surface area contributed by atoms with E-state index >= 15 is 0 Å². The maximum atomic E-state index is 11.6.